The summed E-state index contributed by atoms with van der Waals surface area (Å²) in [4.78, 5) is 3.91. The second kappa shape index (κ2) is 6.64. The summed E-state index contributed by atoms with van der Waals surface area (Å²) in [6.07, 6.45) is 1.63. The van der Waals surface area contributed by atoms with E-state index in [0.717, 1.165) is 6.61 Å². The lowest BCUT2D eigenvalue weighted by atomic mass is 10.2. The van der Waals surface area contributed by atoms with E-state index in [2.05, 4.69) is 18.8 Å². The zero-order chi connectivity index (χ0) is 11.1. The van der Waals surface area contributed by atoms with Crippen LogP contribution in [-0.4, -0.2) is 24.8 Å². The molecule has 0 atom stereocenters. The maximum Gasteiger partial charge on any atom is 0.171 e. The predicted octanol–water partition coefficient (Wildman–Crippen LogP) is 2.79. The zero-order valence-electron chi connectivity index (χ0n) is 9.07. The maximum atomic E-state index is 5.81. The molecule has 0 aliphatic carbocycles. The minimum atomic E-state index is 0.390. The standard InChI is InChI=1S/C11H16ClNO2/c1-9(2)8-14-6-7-15-10-4-3-5-13-11(10)12/h3-5,9H,6-8H2,1-2H3. The van der Waals surface area contributed by atoms with E-state index >= 15 is 0 Å². The highest BCUT2D eigenvalue weighted by Crippen LogP contribution is 2.19. The Morgan fingerprint density at radius 2 is 2.20 bits per heavy atom. The van der Waals surface area contributed by atoms with Crippen molar-refractivity contribution in [1.29, 1.82) is 0 Å². The van der Waals surface area contributed by atoms with Crippen molar-refractivity contribution < 1.29 is 9.47 Å². The van der Waals surface area contributed by atoms with Crippen LogP contribution in [0.15, 0.2) is 18.3 Å². The van der Waals surface area contributed by atoms with Gasteiger partial charge >= 0.3 is 0 Å². The molecule has 84 valence electrons. The molecule has 1 heterocycles. The molecule has 1 aromatic heterocycles. The van der Waals surface area contributed by atoms with Crippen molar-refractivity contribution in [3.63, 3.8) is 0 Å². The number of ether oxygens (including phenoxy) is 2. The second-order valence-corrected chi connectivity index (χ2v) is 3.97. The van der Waals surface area contributed by atoms with Gasteiger partial charge in [0.2, 0.25) is 0 Å². The monoisotopic (exact) mass is 229 g/mol. The molecule has 0 aromatic carbocycles. The number of pyridine rings is 1. The van der Waals surface area contributed by atoms with Gasteiger partial charge in [-0.25, -0.2) is 4.98 Å². The number of halogens is 1. The van der Waals surface area contributed by atoms with Crippen LogP contribution in [0.25, 0.3) is 0 Å². The number of hydrogen-bond acceptors (Lipinski definition) is 3. The molecule has 0 saturated carbocycles. The fourth-order valence-corrected chi connectivity index (χ4v) is 1.18. The molecule has 0 aliphatic heterocycles. The fourth-order valence-electron chi connectivity index (χ4n) is 1.01. The molecule has 0 unspecified atom stereocenters. The predicted molar refractivity (Wildman–Crippen MR) is 60.4 cm³/mol. The van der Waals surface area contributed by atoms with Crippen LogP contribution < -0.4 is 4.74 Å². The maximum absolute atomic E-state index is 5.81. The first-order valence-corrected chi connectivity index (χ1v) is 5.39. The SMILES string of the molecule is CC(C)COCCOc1cccnc1Cl. The average Bonchev–Trinajstić information content (AvgIpc) is 2.20. The first kappa shape index (κ1) is 12.3. The summed E-state index contributed by atoms with van der Waals surface area (Å²) in [7, 11) is 0. The van der Waals surface area contributed by atoms with Crippen molar-refractivity contribution in [1.82, 2.24) is 4.98 Å². The Kier molecular flexibility index (Phi) is 5.43. The van der Waals surface area contributed by atoms with Gasteiger partial charge in [-0.15, -0.1) is 0 Å². The summed E-state index contributed by atoms with van der Waals surface area (Å²) in [6, 6.07) is 3.58. The molecule has 0 saturated heterocycles. The molecule has 0 N–H and O–H groups in total. The third kappa shape index (κ3) is 5.00. The van der Waals surface area contributed by atoms with Crippen LogP contribution in [0.1, 0.15) is 13.8 Å². The molecule has 1 aromatic rings. The number of nitrogens with zero attached hydrogens (tertiary/aromatic N) is 1. The number of rotatable bonds is 6. The first-order valence-electron chi connectivity index (χ1n) is 5.01. The van der Waals surface area contributed by atoms with Gasteiger partial charge in [-0.1, -0.05) is 25.4 Å². The van der Waals surface area contributed by atoms with Crippen LogP contribution in [0.3, 0.4) is 0 Å². The van der Waals surface area contributed by atoms with Crippen molar-refractivity contribution >= 4 is 11.6 Å². The van der Waals surface area contributed by atoms with Gasteiger partial charge in [-0.3, -0.25) is 0 Å². The smallest absolute Gasteiger partial charge is 0.171 e. The fraction of sp³-hybridized carbons (Fsp3) is 0.545. The molecule has 0 bridgehead atoms. The lowest BCUT2D eigenvalue weighted by Gasteiger charge is -2.08. The average molecular weight is 230 g/mol. The van der Waals surface area contributed by atoms with Gasteiger partial charge < -0.3 is 9.47 Å². The van der Waals surface area contributed by atoms with E-state index in [-0.39, 0.29) is 0 Å². The van der Waals surface area contributed by atoms with E-state index < -0.39 is 0 Å². The van der Waals surface area contributed by atoms with Crippen molar-refractivity contribution in [2.45, 2.75) is 13.8 Å². The van der Waals surface area contributed by atoms with E-state index in [0.29, 0.717) is 30.0 Å². The molecular weight excluding hydrogens is 214 g/mol. The zero-order valence-corrected chi connectivity index (χ0v) is 9.83. The Hall–Kier alpha value is -0.800. The van der Waals surface area contributed by atoms with Crippen LogP contribution >= 0.6 is 11.6 Å². The molecule has 0 aliphatic rings. The first-order chi connectivity index (χ1) is 7.20. The third-order valence-electron chi connectivity index (χ3n) is 1.66. The summed E-state index contributed by atoms with van der Waals surface area (Å²) >= 11 is 5.81. The van der Waals surface area contributed by atoms with Gasteiger partial charge in [0.25, 0.3) is 0 Å². The summed E-state index contributed by atoms with van der Waals surface area (Å²) in [5.74, 6) is 1.15. The quantitative estimate of drug-likeness (QED) is 0.555. The molecule has 3 nitrogen and oxygen atoms in total. The second-order valence-electron chi connectivity index (χ2n) is 3.61. The Bertz CT molecular complexity index is 292. The molecule has 0 radical (unpaired) electrons. The number of hydrogen-bond donors (Lipinski definition) is 0. The van der Waals surface area contributed by atoms with Crippen LogP contribution in [0.4, 0.5) is 0 Å². The highest BCUT2D eigenvalue weighted by molar-refractivity contribution is 6.30. The molecule has 0 spiro atoms. The van der Waals surface area contributed by atoms with Crippen molar-refractivity contribution in [3.05, 3.63) is 23.5 Å². The lowest BCUT2D eigenvalue weighted by Crippen LogP contribution is -2.10. The normalized spacial score (nSPS) is 10.7. The molecule has 0 fully saturated rings. The van der Waals surface area contributed by atoms with E-state index in [1.54, 1.807) is 18.3 Å². The van der Waals surface area contributed by atoms with Gasteiger partial charge in [0.15, 0.2) is 10.9 Å². The molecular formula is C11H16ClNO2. The van der Waals surface area contributed by atoms with Crippen molar-refractivity contribution in [2.75, 3.05) is 19.8 Å². The van der Waals surface area contributed by atoms with E-state index in [1.807, 2.05) is 0 Å². The lowest BCUT2D eigenvalue weighted by molar-refractivity contribution is 0.0818. The van der Waals surface area contributed by atoms with Crippen LogP contribution in [0.2, 0.25) is 5.15 Å². The molecule has 15 heavy (non-hydrogen) atoms. The summed E-state index contributed by atoms with van der Waals surface area (Å²) < 4.78 is 10.8. The topological polar surface area (TPSA) is 31.4 Å². The molecule has 4 heteroatoms. The van der Waals surface area contributed by atoms with Gasteiger partial charge in [-0.05, 0) is 18.1 Å². The largest absolute Gasteiger partial charge is 0.488 e. The van der Waals surface area contributed by atoms with E-state index in [9.17, 15) is 0 Å². The number of aromatic nitrogens is 1. The molecule has 0 amide bonds. The highest BCUT2D eigenvalue weighted by atomic mass is 35.5. The van der Waals surface area contributed by atoms with Gasteiger partial charge in [0, 0.05) is 12.8 Å². The van der Waals surface area contributed by atoms with Crippen molar-refractivity contribution in [3.8, 4) is 5.75 Å². The summed E-state index contributed by atoms with van der Waals surface area (Å²) in [5, 5.41) is 0.390. The van der Waals surface area contributed by atoms with Gasteiger partial charge in [0.1, 0.15) is 6.61 Å². The van der Waals surface area contributed by atoms with E-state index in [1.165, 1.54) is 0 Å². The Labute approximate surface area is 95.4 Å². The minimum absolute atomic E-state index is 0.390. The Balaban J connectivity index is 2.18. The van der Waals surface area contributed by atoms with Crippen molar-refractivity contribution in [2.24, 2.45) is 5.92 Å². The molecule has 1 rings (SSSR count). The minimum Gasteiger partial charge on any atom is -0.488 e. The summed E-state index contributed by atoms with van der Waals surface area (Å²) in [5.41, 5.74) is 0. The van der Waals surface area contributed by atoms with Crippen LogP contribution in [-0.2, 0) is 4.74 Å². The Morgan fingerprint density at radius 3 is 2.87 bits per heavy atom. The third-order valence-corrected chi connectivity index (χ3v) is 1.95. The summed E-state index contributed by atoms with van der Waals surface area (Å²) in [6.45, 7) is 6.04. The highest BCUT2D eigenvalue weighted by Gasteiger charge is 2.00. The van der Waals surface area contributed by atoms with Gasteiger partial charge in [-0.2, -0.15) is 0 Å². The van der Waals surface area contributed by atoms with Crippen LogP contribution in [0.5, 0.6) is 5.75 Å². The van der Waals surface area contributed by atoms with Crippen LogP contribution in [0, 0.1) is 5.92 Å². The van der Waals surface area contributed by atoms with Gasteiger partial charge in [0.05, 0.1) is 6.61 Å². The van der Waals surface area contributed by atoms with E-state index in [4.69, 9.17) is 21.1 Å². The Morgan fingerprint density at radius 1 is 1.40 bits per heavy atom.